The number of fused-ring (bicyclic) bond motifs is 1. The van der Waals surface area contributed by atoms with Crippen molar-refractivity contribution in [3.05, 3.63) is 84.8 Å². The van der Waals surface area contributed by atoms with Crippen molar-refractivity contribution in [2.75, 3.05) is 11.9 Å². The number of unbranched alkanes of at least 4 members (excludes halogenated alkanes) is 3. The van der Waals surface area contributed by atoms with Gasteiger partial charge in [-0.3, -0.25) is 14.1 Å². The average molecular weight is 649 g/mol. The molecule has 0 bridgehead atoms. The topological polar surface area (TPSA) is 168 Å². The van der Waals surface area contributed by atoms with Crippen molar-refractivity contribution in [3.63, 3.8) is 0 Å². The van der Waals surface area contributed by atoms with Crippen LogP contribution < -0.4 is 10.1 Å². The monoisotopic (exact) mass is 648 g/mol. The van der Waals surface area contributed by atoms with Gasteiger partial charge in [-0.1, -0.05) is 75.1 Å². The van der Waals surface area contributed by atoms with Gasteiger partial charge < -0.3 is 24.6 Å². The third-order valence-corrected chi connectivity index (χ3v) is 9.00. The van der Waals surface area contributed by atoms with E-state index in [0.717, 1.165) is 36.1 Å². The van der Waals surface area contributed by atoms with Gasteiger partial charge in [-0.15, -0.1) is 0 Å². The number of anilines is 1. The second kappa shape index (κ2) is 14.1. The lowest BCUT2D eigenvalue weighted by molar-refractivity contribution is -0.149. The molecule has 0 aliphatic carbocycles. The Hall–Kier alpha value is -4.75. The van der Waals surface area contributed by atoms with Crippen molar-refractivity contribution in [3.8, 4) is 5.75 Å². The summed E-state index contributed by atoms with van der Waals surface area (Å²) in [5.41, 5.74) is -0.273. The molecule has 13 heteroatoms. The van der Waals surface area contributed by atoms with Crippen LogP contribution in [-0.4, -0.2) is 69.0 Å². The Morgan fingerprint density at radius 1 is 1.02 bits per heavy atom. The highest BCUT2D eigenvalue weighted by Crippen LogP contribution is 2.30. The SMILES string of the molecule is CCCCCC[C@H](C(=O)N1C[C@@H](Oc2ccc3ccccc3c2)C[C@H]1C(=O)O)n1cnc(NC(=O)c2ccccc2S(=O)(=O)O)c1. The Kier molecular flexibility index (Phi) is 10.0. The number of benzene rings is 3. The lowest BCUT2D eigenvalue weighted by Crippen LogP contribution is -2.44. The number of aliphatic carboxylic acids is 1. The molecule has 2 heterocycles. The fraction of sp³-hybridized carbons (Fsp3) is 0.333. The quantitative estimate of drug-likeness (QED) is 0.131. The van der Waals surface area contributed by atoms with E-state index in [1.165, 1.54) is 40.2 Å². The van der Waals surface area contributed by atoms with Gasteiger partial charge in [-0.2, -0.15) is 8.42 Å². The number of hydrogen-bond acceptors (Lipinski definition) is 7. The number of nitrogens with one attached hydrogen (secondary N) is 1. The van der Waals surface area contributed by atoms with Crippen LogP contribution in [0, 0.1) is 0 Å². The summed E-state index contributed by atoms with van der Waals surface area (Å²) in [7, 11) is -4.66. The van der Waals surface area contributed by atoms with Gasteiger partial charge in [-0.05, 0) is 41.5 Å². The summed E-state index contributed by atoms with van der Waals surface area (Å²) in [6, 6.07) is 16.8. The smallest absolute Gasteiger partial charge is 0.326 e. The third kappa shape index (κ3) is 7.54. The highest BCUT2D eigenvalue weighted by molar-refractivity contribution is 7.86. The number of rotatable bonds is 13. The molecule has 0 saturated carbocycles. The maximum atomic E-state index is 14.1. The second-order valence-corrected chi connectivity index (χ2v) is 12.7. The fourth-order valence-corrected chi connectivity index (χ4v) is 6.47. The number of ether oxygens (including phenoxy) is 1. The summed E-state index contributed by atoms with van der Waals surface area (Å²) in [5, 5.41) is 14.6. The van der Waals surface area contributed by atoms with Crippen LogP contribution in [0.15, 0.2) is 84.1 Å². The van der Waals surface area contributed by atoms with Crippen LogP contribution in [0.1, 0.15) is 61.8 Å². The Morgan fingerprint density at radius 3 is 2.50 bits per heavy atom. The molecule has 4 aromatic rings. The first-order valence-corrected chi connectivity index (χ1v) is 16.6. The van der Waals surface area contributed by atoms with Crippen LogP contribution in [0.2, 0.25) is 0 Å². The van der Waals surface area contributed by atoms with Gasteiger partial charge in [-0.25, -0.2) is 9.78 Å². The van der Waals surface area contributed by atoms with E-state index >= 15 is 0 Å². The molecule has 0 radical (unpaired) electrons. The molecule has 3 N–H and O–H groups in total. The summed E-state index contributed by atoms with van der Waals surface area (Å²) in [5.74, 6) is -1.71. The van der Waals surface area contributed by atoms with Gasteiger partial charge in [0.25, 0.3) is 16.0 Å². The molecule has 1 aromatic heterocycles. The Bertz CT molecular complexity index is 1840. The molecule has 1 fully saturated rings. The summed E-state index contributed by atoms with van der Waals surface area (Å²) < 4.78 is 40.8. The Labute approximate surface area is 266 Å². The van der Waals surface area contributed by atoms with Crippen LogP contribution in [0.3, 0.4) is 0 Å². The molecule has 1 saturated heterocycles. The van der Waals surface area contributed by atoms with Crippen molar-refractivity contribution in [2.24, 2.45) is 0 Å². The molecule has 3 aromatic carbocycles. The van der Waals surface area contributed by atoms with E-state index in [1.54, 1.807) is 0 Å². The van der Waals surface area contributed by atoms with Gasteiger partial charge in [0, 0.05) is 12.6 Å². The Balaban J connectivity index is 1.35. The zero-order chi connectivity index (χ0) is 32.8. The molecule has 5 rings (SSSR count). The van der Waals surface area contributed by atoms with Crippen molar-refractivity contribution < 1.29 is 37.2 Å². The fourth-order valence-electron chi connectivity index (χ4n) is 5.78. The maximum Gasteiger partial charge on any atom is 0.326 e. The number of aromatic nitrogens is 2. The van der Waals surface area contributed by atoms with E-state index in [-0.39, 0.29) is 24.3 Å². The van der Waals surface area contributed by atoms with E-state index in [4.69, 9.17) is 4.74 Å². The lowest BCUT2D eigenvalue weighted by Gasteiger charge is -2.27. The first-order chi connectivity index (χ1) is 22.0. The number of carbonyl (C=O) groups excluding carboxylic acids is 2. The van der Waals surface area contributed by atoms with Crippen LogP contribution in [-0.2, 0) is 19.7 Å². The number of carbonyl (C=O) groups is 3. The summed E-state index contributed by atoms with van der Waals surface area (Å²) in [6.07, 6.45) is 6.37. The van der Waals surface area contributed by atoms with Crippen molar-refractivity contribution in [1.29, 1.82) is 0 Å². The molecule has 3 atom stereocenters. The molecule has 1 aliphatic rings. The van der Waals surface area contributed by atoms with E-state index in [2.05, 4.69) is 17.2 Å². The zero-order valence-electron chi connectivity index (χ0n) is 25.3. The molecule has 12 nitrogen and oxygen atoms in total. The zero-order valence-corrected chi connectivity index (χ0v) is 26.1. The summed E-state index contributed by atoms with van der Waals surface area (Å²) in [6.45, 7) is 2.16. The number of hydrogen-bond donors (Lipinski definition) is 3. The number of amides is 2. The van der Waals surface area contributed by atoms with Crippen molar-refractivity contribution in [2.45, 2.75) is 68.5 Å². The predicted octanol–water partition coefficient (Wildman–Crippen LogP) is 5.18. The number of nitrogens with zero attached hydrogens (tertiary/aromatic N) is 3. The van der Waals surface area contributed by atoms with Crippen LogP contribution in [0.4, 0.5) is 5.82 Å². The highest BCUT2D eigenvalue weighted by atomic mass is 32.2. The minimum atomic E-state index is -4.66. The van der Waals surface area contributed by atoms with Gasteiger partial charge in [0.2, 0.25) is 5.91 Å². The number of carboxylic acids is 1. The number of carboxylic acid groups (broad SMARTS) is 1. The molecule has 0 spiro atoms. The van der Waals surface area contributed by atoms with Crippen LogP contribution >= 0.6 is 0 Å². The van der Waals surface area contributed by atoms with Crippen molar-refractivity contribution >= 4 is 44.5 Å². The predicted molar refractivity (Wildman–Crippen MR) is 170 cm³/mol. The largest absolute Gasteiger partial charge is 0.488 e. The highest BCUT2D eigenvalue weighted by Gasteiger charge is 2.43. The molecule has 0 unspecified atom stereocenters. The average Bonchev–Trinajstić information content (AvgIpc) is 3.68. The number of likely N-dealkylation sites (tertiary alicyclic amines) is 1. The standard InChI is InChI=1S/C33H36N4O8S/c1-2-3-4-5-13-27(36-20-30(34-21-36)35-31(38)26-12-8-9-14-29(26)46(42,43)44)32(39)37-19-25(18-28(37)33(40)41)45-24-16-15-22-10-6-7-11-23(22)17-24/h6-12,14-17,20-21,25,27-28H,2-5,13,18-19H2,1H3,(H,35,38)(H,40,41)(H,42,43,44)/t25-,27+,28-/m0/s1. The molecular formula is C33H36N4O8S. The van der Waals surface area contributed by atoms with E-state index in [0.29, 0.717) is 18.6 Å². The molecular weight excluding hydrogens is 612 g/mol. The number of imidazole rings is 1. The van der Waals surface area contributed by atoms with E-state index in [1.807, 2.05) is 42.5 Å². The van der Waals surface area contributed by atoms with Crippen molar-refractivity contribution in [1.82, 2.24) is 14.5 Å². The third-order valence-electron chi connectivity index (χ3n) is 8.08. The van der Waals surface area contributed by atoms with Gasteiger partial charge in [0.1, 0.15) is 28.8 Å². The summed E-state index contributed by atoms with van der Waals surface area (Å²) in [4.78, 5) is 44.3. The molecule has 242 valence electrons. The minimum absolute atomic E-state index is 0.0511. The summed E-state index contributed by atoms with van der Waals surface area (Å²) >= 11 is 0. The van der Waals surface area contributed by atoms with Gasteiger partial charge in [0.05, 0.1) is 18.4 Å². The molecule has 1 aliphatic heterocycles. The van der Waals surface area contributed by atoms with Gasteiger partial charge >= 0.3 is 5.97 Å². The molecule has 2 amide bonds. The lowest BCUT2D eigenvalue weighted by atomic mass is 10.1. The molecule has 46 heavy (non-hydrogen) atoms. The first kappa shape index (κ1) is 32.6. The normalized spacial score (nSPS) is 17.1. The van der Waals surface area contributed by atoms with Gasteiger partial charge in [0.15, 0.2) is 5.82 Å². The minimum Gasteiger partial charge on any atom is -0.488 e. The maximum absolute atomic E-state index is 14.1. The van der Waals surface area contributed by atoms with Crippen LogP contribution in [0.25, 0.3) is 10.8 Å². The first-order valence-electron chi connectivity index (χ1n) is 15.1. The van der Waals surface area contributed by atoms with E-state index in [9.17, 15) is 32.5 Å². The van der Waals surface area contributed by atoms with Crippen LogP contribution in [0.5, 0.6) is 5.75 Å². The Morgan fingerprint density at radius 2 is 1.76 bits per heavy atom. The second-order valence-electron chi connectivity index (χ2n) is 11.3. The van der Waals surface area contributed by atoms with E-state index < -0.39 is 51.0 Å².